The average Bonchev–Trinajstić information content (AvgIpc) is 2.56. The number of fused-ring (bicyclic) bond motifs is 2. The summed E-state index contributed by atoms with van der Waals surface area (Å²) in [6.07, 6.45) is 3.00. The summed E-state index contributed by atoms with van der Waals surface area (Å²) in [6.45, 7) is -1.05. The second-order valence-corrected chi connectivity index (χ2v) is 5.93. The minimum Gasteiger partial charge on any atom is -0.327 e. The van der Waals surface area contributed by atoms with Crippen LogP contribution >= 0.6 is 0 Å². The minimum atomic E-state index is -2.82. The number of alkyl halides is 2. The lowest BCUT2D eigenvalue weighted by molar-refractivity contribution is -0.123. The van der Waals surface area contributed by atoms with Crippen molar-refractivity contribution in [2.24, 2.45) is 11.7 Å². The first-order chi connectivity index (χ1) is 11.4. The first-order valence-electron chi connectivity index (χ1n) is 7.88. The van der Waals surface area contributed by atoms with Gasteiger partial charge in [-0.25, -0.2) is 0 Å². The van der Waals surface area contributed by atoms with Crippen LogP contribution in [0.25, 0.3) is 5.70 Å². The Balaban J connectivity index is 2.56. The van der Waals surface area contributed by atoms with Gasteiger partial charge in [0.1, 0.15) is 0 Å². The summed E-state index contributed by atoms with van der Waals surface area (Å²) in [5.41, 5.74) is 7.50. The predicted molar refractivity (Wildman–Crippen MR) is 89.4 cm³/mol. The average molecular weight is 336 g/mol. The zero-order valence-electron chi connectivity index (χ0n) is 13.5. The van der Waals surface area contributed by atoms with Gasteiger partial charge in [0.15, 0.2) is 0 Å². The molecule has 5 nitrogen and oxygen atoms in total. The number of hydrogen-bond donors (Lipinski definition) is 4. The number of benzene rings is 1. The minimum absolute atomic E-state index is 0.00942. The quantitative estimate of drug-likeness (QED) is 0.505. The van der Waals surface area contributed by atoms with Crippen molar-refractivity contribution in [2.75, 3.05) is 0 Å². The highest BCUT2D eigenvalue weighted by atomic mass is 19.3. The molecule has 7 heteroatoms. The Kier molecular flexibility index (Phi) is 6.03. The monoisotopic (exact) mass is 336 g/mol. The second kappa shape index (κ2) is 8.01. The van der Waals surface area contributed by atoms with E-state index in [4.69, 9.17) is 11.1 Å². The molecule has 1 aliphatic heterocycles. The van der Waals surface area contributed by atoms with Gasteiger partial charge in [-0.2, -0.15) is 8.78 Å². The zero-order chi connectivity index (χ0) is 17.7. The van der Waals surface area contributed by atoms with Crippen molar-refractivity contribution in [2.45, 2.75) is 38.8 Å². The van der Waals surface area contributed by atoms with Gasteiger partial charge >= 0.3 is 6.55 Å². The van der Waals surface area contributed by atoms with Gasteiger partial charge in [0.05, 0.1) is 11.4 Å². The lowest BCUT2D eigenvalue weighted by Gasteiger charge is -2.21. The van der Waals surface area contributed by atoms with Gasteiger partial charge in [-0.05, 0) is 24.5 Å². The molecule has 0 saturated heterocycles. The maximum atomic E-state index is 12.9. The molecule has 1 aliphatic rings. The standard InChI is InChI=1S/C17H22F2N4O/c1-10-4-2-7-13(21)11-5-3-6-12(8-11)15(23-17(18)19)14(9-20)22-16(10)24/h3,5-6,8-10,13,17,20,23H,2,4,7,21H2,1H3,(H,22,24)/b15-14+,20-9?. The molecule has 1 heterocycles. The molecule has 130 valence electrons. The molecule has 2 rings (SSSR count). The lowest BCUT2D eigenvalue weighted by atomic mass is 9.95. The van der Waals surface area contributed by atoms with Gasteiger partial charge in [-0.1, -0.05) is 31.5 Å². The van der Waals surface area contributed by atoms with Gasteiger partial charge in [0.25, 0.3) is 0 Å². The molecule has 0 aliphatic carbocycles. The molecule has 0 aromatic heterocycles. The number of halogens is 2. The molecule has 0 radical (unpaired) electrons. The van der Waals surface area contributed by atoms with Crippen molar-refractivity contribution in [3.05, 3.63) is 41.1 Å². The second-order valence-electron chi connectivity index (χ2n) is 5.93. The van der Waals surface area contributed by atoms with Crippen LogP contribution in [0.15, 0.2) is 30.0 Å². The third-order valence-corrected chi connectivity index (χ3v) is 4.13. The number of carbonyl (C=O) groups excluding carboxylic acids is 1. The van der Waals surface area contributed by atoms with E-state index in [0.717, 1.165) is 18.2 Å². The summed E-state index contributed by atoms with van der Waals surface area (Å²) in [5, 5.41) is 12.1. The van der Waals surface area contributed by atoms with Crippen LogP contribution in [0.4, 0.5) is 8.78 Å². The third kappa shape index (κ3) is 4.38. The first-order valence-corrected chi connectivity index (χ1v) is 7.88. The Morgan fingerprint density at radius 1 is 1.42 bits per heavy atom. The van der Waals surface area contributed by atoms with Crippen molar-refractivity contribution in [1.29, 1.82) is 5.41 Å². The zero-order valence-corrected chi connectivity index (χ0v) is 13.5. The van der Waals surface area contributed by atoms with E-state index in [1.165, 1.54) is 0 Å². The summed E-state index contributed by atoms with van der Waals surface area (Å²) in [7, 11) is 0. The Hall–Kier alpha value is -2.28. The molecule has 24 heavy (non-hydrogen) atoms. The number of rotatable bonds is 3. The number of allylic oxidation sites excluding steroid dienone is 1. The van der Waals surface area contributed by atoms with Crippen LogP contribution in [0.2, 0.25) is 0 Å². The highest BCUT2D eigenvalue weighted by Gasteiger charge is 2.20. The van der Waals surface area contributed by atoms with E-state index in [1.54, 1.807) is 25.1 Å². The predicted octanol–water partition coefficient (Wildman–Crippen LogP) is 2.75. The van der Waals surface area contributed by atoms with Crippen LogP contribution in [0.1, 0.15) is 43.4 Å². The van der Waals surface area contributed by atoms with Gasteiger partial charge in [-0.3, -0.25) is 4.79 Å². The highest BCUT2D eigenvalue weighted by molar-refractivity contribution is 5.95. The summed E-state index contributed by atoms with van der Waals surface area (Å²) in [6, 6.07) is 6.72. The summed E-state index contributed by atoms with van der Waals surface area (Å²) in [5.74, 6) is -0.593. The van der Waals surface area contributed by atoms with Crippen molar-refractivity contribution >= 4 is 17.8 Å². The maximum Gasteiger partial charge on any atom is 0.313 e. The molecular formula is C17H22F2N4O. The smallest absolute Gasteiger partial charge is 0.313 e. The molecule has 2 unspecified atom stereocenters. The molecule has 0 saturated carbocycles. The number of hydrogen-bond acceptors (Lipinski definition) is 4. The number of nitrogens with one attached hydrogen (secondary N) is 3. The van der Waals surface area contributed by atoms with Gasteiger partial charge in [-0.15, -0.1) is 0 Å². The van der Waals surface area contributed by atoms with Gasteiger partial charge in [0.2, 0.25) is 5.91 Å². The van der Waals surface area contributed by atoms with E-state index in [1.807, 2.05) is 11.4 Å². The molecule has 1 aromatic rings. The van der Waals surface area contributed by atoms with Crippen LogP contribution in [-0.2, 0) is 4.79 Å². The van der Waals surface area contributed by atoms with Crippen LogP contribution in [0, 0.1) is 11.3 Å². The van der Waals surface area contributed by atoms with Gasteiger partial charge < -0.3 is 21.8 Å². The van der Waals surface area contributed by atoms with Crippen molar-refractivity contribution < 1.29 is 13.6 Å². The Labute approximate surface area is 139 Å². The topological polar surface area (TPSA) is 91.0 Å². The number of nitrogens with two attached hydrogens (primary N) is 1. The molecule has 0 spiro atoms. The van der Waals surface area contributed by atoms with E-state index >= 15 is 0 Å². The fourth-order valence-electron chi connectivity index (χ4n) is 2.72. The molecule has 2 atom stereocenters. The Morgan fingerprint density at radius 2 is 2.17 bits per heavy atom. The van der Waals surface area contributed by atoms with E-state index in [2.05, 4.69) is 5.32 Å². The van der Waals surface area contributed by atoms with Crippen molar-refractivity contribution in [3.8, 4) is 0 Å². The highest BCUT2D eigenvalue weighted by Crippen LogP contribution is 2.24. The van der Waals surface area contributed by atoms with E-state index < -0.39 is 6.55 Å². The summed E-state index contributed by atoms with van der Waals surface area (Å²) >= 11 is 0. The molecular weight excluding hydrogens is 314 g/mol. The van der Waals surface area contributed by atoms with E-state index in [-0.39, 0.29) is 29.3 Å². The normalized spacial score (nSPS) is 25.5. The third-order valence-electron chi connectivity index (χ3n) is 4.13. The van der Waals surface area contributed by atoms with E-state index in [9.17, 15) is 13.6 Å². The largest absolute Gasteiger partial charge is 0.327 e. The Bertz CT molecular complexity index is 645. The maximum absolute atomic E-state index is 12.9. The molecule has 5 N–H and O–H groups in total. The fraction of sp³-hybridized carbons (Fsp3) is 0.412. The van der Waals surface area contributed by atoms with Crippen molar-refractivity contribution in [1.82, 2.24) is 10.6 Å². The first kappa shape index (κ1) is 18.1. The molecule has 2 bridgehead atoms. The van der Waals surface area contributed by atoms with Crippen LogP contribution in [0.5, 0.6) is 0 Å². The lowest BCUT2D eigenvalue weighted by Crippen LogP contribution is -2.33. The SMILES string of the molecule is CC1CCCC(N)c2cccc(c2)/C(NC(F)F)=C(/C=N)NC1=O. The molecule has 1 amide bonds. The summed E-state index contributed by atoms with van der Waals surface area (Å²) in [4.78, 5) is 12.2. The Morgan fingerprint density at radius 3 is 2.83 bits per heavy atom. The number of carbonyl (C=O) groups is 1. The van der Waals surface area contributed by atoms with Crippen molar-refractivity contribution in [3.63, 3.8) is 0 Å². The van der Waals surface area contributed by atoms with Crippen LogP contribution < -0.4 is 16.4 Å². The fourth-order valence-corrected chi connectivity index (χ4v) is 2.72. The molecule has 1 aromatic carbocycles. The van der Waals surface area contributed by atoms with Gasteiger partial charge in [0, 0.05) is 23.7 Å². The van der Waals surface area contributed by atoms with Crippen LogP contribution in [0.3, 0.4) is 0 Å². The van der Waals surface area contributed by atoms with Crippen LogP contribution in [-0.4, -0.2) is 18.7 Å². The summed E-state index contributed by atoms with van der Waals surface area (Å²) < 4.78 is 25.9. The molecule has 0 fully saturated rings. The van der Waals surface area contributed by atoms with E-state index in [0.29, 0.717) is 18.4 Å². The number of amides is 1.